The normalized spacial score (nSPS) is 11.3. The number of carbonyl (C=O) groups excluding carboxylic acids is 1. The van der Waals surface area contributed by atoms with Crippen molar-refractivity contribution in [3.05, 3.63) is 35.9 Å². The van der Waals surface area contributed by atoms with Crippen LogP contribution in [0.5, 0.6) is 0 Å². The number of sulfonamides is 1. The maximum atomic E-state index is 12.0. The van der Waals surface area contributed by atoms with Gasteiger partial charge in [-0.2, -0.15) is 11.8 Å². The Labute approximate surface area is 143 Å². The highest BCUT2D eigenvalue weighted by Crippen LogP contribution is 2.19. The molecule has 10 heteroatoms. The number of hydrogen-bond donors (Lipinski definition) is 2. The molecular formula is C13H16N4O3S3. The number of amides is 1. The summed E-state index contributed by atoms with van der Waals surface area (Å²) >= 11 is 2.46. The molecule has 0 atom stereocenters. The Morgan fingerprint density at radius 3 is 2.70 bits per heavy atom. The number of hydrogen-bond acceptors (Lipinski definition) is 7. The molecule has 2 N–H and O–H groups in total. The van der Waals surface area contributed by atoms with Gasteiger partial charge in [-0.05, 0) is 5.56 Å². The molecule has 0 fully saturated rings. The van der Waals surface area contributed by atoms with E-state index in [0.717, 1.165) is 17.1 Å². The lowest BCUT2D eigenvalue weighted by atomic mass is 10.2. The lowest BCUT2D eigenvalue weighted by Gasteiger charge is -2.04. The van der Waals surface area contributed by atoms with Gasteiger partial charge in [0.25, 0.3) is 10.0 Å². The van der Waals surface area contributed by atoms with E-state index in [1.807, 2.05) is 30.3 Å². The molecule has 0 unspecified atom stereocenters. The number of aromatic nitrogens is 2. The van der Waals surface area contributed by atoms with Crippen molar-refractivity contribution in [1.29, 1.82) is 0 Å². The van der Waals surface area contributed by atoms with Crippen LogP contribution in [0.4, 0.5) is 5.13 Å². The third-order valence-corrected chi connectivity index (χ3v) is 6.27. The second-order valence-corrected chi connectivity index (χ2v) is 8.51. The van der Waals surface area contributed by atoms with Gasteiger partial charge < -0.3 is 5.32 Å². The number of benzene rings is 1. The van der Waals surface area contributed by atoms with Gasteiger partial charge >= 0.3 is 0 Å². The average Bonchev–Trinajstić information content (AvgIpc) is 2.96. The number of anilines is 1. The molecule has 1 aromatic carbocycles. The fraction of sp³-hybridized carbons (Fsp3) is 0.308. The standard InChI is InChI=1S/C13H16N4O3S3/c1-10(18)15-12-16-17-13(22-12)23(19,20)14-7-8-21-9-11-5-3-2-4-6-11/h2-6,14H,7-9H2,1H3,(H,15,16,18). The van der Waals surface area contributed by atoms with Crippen LogP contribution in [0, 0.1) is 0 Å². The number of carbonyl (C=O) groups is 1. The molecule has 1 amide bonds. The van der Waals surface area contributed by atoms with Gasteiger partial charge in [-0.1, -0.05) is 41.7 Å². The van der Waals surface area contributed by atoms with E-state index in [2.05, 4.69) is 20.2 Å². The topological polar surface area (TPSA) is 101 Å². The van der Waals surface area contributed by atoms with E-state index < -0.39 is 10.0 Å². The predicted octanol–water partition coefficient (Wildman–Crippen LogP) is 1.71. The van der Waals surface area contributed by atoms with Crippen molar-refractivity contribution < 1.29 is 13.2 Å². The molecule has 2 rings (SSSR count). The van der Waals surface area contributed by atoms with Crippen molar-refractivity contribution in [3.63, 3.8) is 0 Å². The highest BCUT2D eigenvalue weighted by molar-refractivity contribution is 7.98. The fourth-order valence-electron chi connectivity index (χ4n) is 1.59. The Balaban J connectivity index is 1.77. The average molecular weight is 372 g/mol. The molecule has 0 radical (unpaired) electrons. The molecule has 23 heavy (non-hydrogen) atoms. The van der Waals surface area contributed by atoms with E-state index in [1.165, 1.54) is 12.5 Å². The molecule has 0 aliphatic heterocycles. The van der Waals surface area contributed by atoms with E-state index in [9.17, 15) is 13.2 Å². The minimum atomic E-state index is -3.69. The van der Waals surface area contributed by atoms with E-state index in [4.69, 9.17) is 0 Å². The van der Waals surface area contributed by atoms with Gasteiger partial charge in [-0.15, -0.1) is 10.2 Å². The number of rotatable bonds is 8. The van der Waals surface area contributed by atoms with Crippen LogP contribution in [-0.4, -0.2) is 36.8 Å². The van der Waals surface area contributed by atoms with Gasteiger partial charge in [-0.3, -0.25) is 4.79 Å². The minimum Gasteiger partial charge on any atom is -0.301 e. The Hall–Kier alpha value is -1.49. The maximum Gasteiger partial charge on any atom is 0.269 e. The van der Waals surface area contributed by atoms with Crippen molar-refractivity contribution in [3.8, 4) is 0 Å². The summed E-state index contributed by atoms with van der Waals surface area (Å²) in [5, 5.41) is 9.77. The first-order chi connectivity index (χ1) is 11.0. The zero-order valence-corrected chi connectivity index (χ0v) is 14.8. The Bertz CT molecular complexity index is 747. The lowest BCUT2D eigenvalue weighted by Crippen LogP contribution is -2.26. The summed E-state index contributed by atoms with van der Waals surface area (Å²) in [6.07, 6.45) is 0. The van der Waals surface area contributed by atoms with Crippen LogP contribution in [0.3, 0.4) is 0 Å². The van der Waals surface area contributed by atoms with Gasteiger partial charge in [0.15, 0.2) is 0 Å². The number of nitrogens with one attached hydrogen (secondary N) is 2. The molecule has 124 valence electrons. The van der Waals surface area contributed by atoms with Gasteiger partial charge in [0, 0.05) is 25.0 Å². The van der Waals surface area contributed by atoms with Crippen molar-refractivity contribution in [2.75, 3.05) is 17.6 Å². The molecule has 1 aromatic heterocycles. The van der Waals surface area contributed by atoms with Crippen LogP contribution in [0.25, 0.3) is 0 Å². The number of nitrogens with zero attached hydrogens (tertiary/aromatic N) is 2. The molecule has 7 nitrogen and oxygen atoms in total. The second-order valence-electron chi connectivity index (χ2n) is 4.49. The highest BCUT2D eigenvalue weighted by Gasteiger charge is 2.19. The first-order valence-electron chi connectivity index (χ1n) is 6.70. The molecule has 0 spiro atoms. The summed E-state index contributed by atoms with van der Waals surface area (Å²) in [6.45, 7) is 1.62. The number of thioether (sulfide) groups is 1. The minimum absolute atomic E-state index is 0.158. The van der Waals surface area contributed by atoms with Gasteiger partial charge in [0.2, 0.25) is 15.4 Å². The predicted molar refractivity (Wildman–Crippen MR) is 92.0 cm³/mol. The van der Waals surface area contributed by atoms with E-state index in [0.29, 0.717) is 12.3 Å². The molecule has 0 bridgehead atoms. The van der Waals surface area contributed by atoms with Crippen LogP contribution < -0.4 is 10.0 Å². The monoisotopic (exact) mass is 372 g/mol. The fourth-order valence-corrected chi connectivity index (χ4v) is 4.56. The van der Waals surface area contributed by atoms with E-state index in [1.54, 1.807) is 11.8 Å². The third kappa shape index (κ3) is 5.90. The van der Waals surface area contributed by atoms with E-state index >= 15 is 0 Å². The Morgan fingerprint density at radius 2 is 2.00 bits per heavy atom. The highest BCUT2D eigenvalue weighted by atomic mass is 32.2. The molecule has 2 aromatic rings. The zero-order valence-electron chi connectivity index (χ0n) is 12.4. The third-order valence-electron chi connectivity index (χ3n) is 2.57. The van der Waals surface area contributed by atoms with Gasteiger partial charge in [0.05, 0.1) is 0 Å². The molecule has 0 saturated carbocycles. The van der Waals surface area contributed by atoms with Crippen molar-refractivity contribution in [2.45, 2.75) is 17.0 Å². The summed E-state index contributed by atoms with van der Waals surface area (Å²) in [4.78, 5) is 10.9. The van der Waals surface area contributed by atoms with Crippen molar-refractivity contribution in [2.24, 2.45) is 0 Å². The zero-order chi connectivity index (χ0) is 16.7. The summed E-state index contributed by atoms with van der Waals surface area (Å²) in [7, 11) is -3.69. The van der Waals surface area contributed by atoms with Crippen LogP contribution >= 0.6 is 23.1 Å². The van der Waals surface area contributed by atoms with Crippen LogP contribution in [0.1, 0.15) is 12.5 Å². The first-order valence-corrected chi connectivity index (χ1v) is 10.2. The molecule has 0 aliphatic rings. The molecule has 0 aliphatic carbocycles. The molecular weight excluding hydrogens is 356 g/mol. The maximum absolute atomic E-state index is 12.0. The van der Waals surface area contributed by atoms with E-state index in [-0.39, 0.29) is 15.4 Å². The largest absolute Gasteiger partial charge is 0.301 e. The van der Waals surface area contributed by atoms with Gasteiger partial charge in [0.1, 0.15) is 0 Å². The smallest absolute Gasteiger partial charge is 0.269 e. The summed E-state index contributed by atoms with van der Waals surface area (Å²) < 4.78 is 26.4. The van der Waals surface area contributed by atoms with Crippen molar-refractivity contribution in [1.82, 2.24) is 14.9 Å². The Morgan fingerprint density at radius 1 is 1.26 bits per heavy atom. The van der Waals surface area contributed by atoms with Crippen LogP contribution in [0.15, 0.2) is 34.7 Å². The molecule has 1 heterocycles. The first kappa shape index (κ1) is 17.9. The second kappa shape index (κ2) is 8.39. The SMILES string of the molecule is CC(=O)Nc1nnc(S(=O)(=O)NCCSCc2ccccc2)s1. The quantitative estimate of drug-likeness (QED) is 0.540. The van der Waals surface area contributed by atoms with Crippen LogP contribution in [-0.2, 0) is 20.6 Å². The molecule has 0 saturated heterocycles. The van der Waals surface area contributed by atoms with Crippen LogP contribution in [0.2, 0.25) is 0 Å². The van der Waals surface area contributed by atoms with Gasteiger partial charge in [-0.25, -0.2) is 13.1 Å². The summed E-state index contributed by atoms with van der Waals surface area (Å²) in [6, 6.07) is 9.96. The Kier molecular flexibility index (Phi) is 6.51. The van der Waals surface area contributed by atoms with Crippen molar-refractivity contribution >= 4 is 44.2 Å². The summed E-state index contributed by atoms with van der Waals surface area (Å²) in [5.74, 6) is 1.15. The lowest BCUT2D eigenvalue weighted by molar-refractivity contribution is -0.114. The summed E-state index contributed by atoms with van der Waals surface area (Å²) in [5.41, 5.74) is 1.20.